The molecule has 0 spiro atoms. The van der Waals surface area contributed by atoms with Crippen LogP contribution in [0.4, 0.5) is 5.82 Å². The lowest BCUT2D eigenvalue weighted by molar-refractivity contribution is 0.0696. The molecule has 2 aromatic rings. The molecule has 7 nitrogen and oxygen atoms in total. The largest absolute Gasteiger partial charge is 0.478 e. The number of aromatic nitrogens is 2. The van der Waals surface area contributed by atoms with Crippen LogP contribution < -0.4 is 4.72 Å². The molecule has 0 radical (unpaired) electrons. The van der Waals surface area contributed by atoms with Crippen molar-refractivity contribution in [2.24, 2.45) is 0 Å². The molecule has 2 aromatic heterocycles. The summed E-state index contributed by atoms with van der Waals surface area (Å²) in [5.74, 6) is -0.993. The van der Waals surface area contributed by atoms with Crippen LogP contribution in [0.15, 0.2) is 40.1 Å². The maximum atomic E-state index is 12.1. The van der Waals surface area contributed by atoms with Crippen LogP contribution in [0.1, 0.15) is 15.9 Å². The summed E-state index contributed by atoms with van der Waals surface area (Å²) in [7, 11) is -3.92. The zero-order valence-corrected chi connectivity index (χ0v) is 13.1. The zero-order chi connectivity index (χ0) is 15.6. The van der Waals surface area contributed by atoms with Gasteiger partial charge in [0.1, 0.15) is 5.82 Å². The molecular formula is C12H10BrN3O4S. The summed E-state index contributed by atoms with van der Waals surface area (Å²) in [5, 5.41) is 8.48. The fourth-order valence-corrected chi connectivity index (χ4v) is 2.95. The molecule has 0 atom stereocenters. The lowest BCUT2D eigenvalue weighted by atomic mass is 10.3. The van der Waals surface area contributed by atoms with Crippen LogP contribution in [0, 0.1) is 6.92 Å². The first-order chi connectivity index (χ1) is 9.79. The quantitative estimate of drug-likeness (QED) is 0.850. The number of carbonyl (C=O) groups is 1. The third-order valence-electron chi connectivity index (χ3n) is 2.53. The molecule has 0 bridgehead atoms. The Kier molecular flexibility index (Phi) is 4.24. The van der Waals surface area contributed by atoms with Crippen molar-refractivity contribution in [2.45, 2.75) is 11.9 Å². The van der Waals surface area contributed by atoms with Crippen molar-refractivity contribution in [1.29, 1.82) is 0 Å². The van der Waals surface area contributed by atoms with E-state index in [0.29, 0.717) is 5.56 Å². The van der Waals surface area contributed by atoms with Crippen molar-refractivity contribution < 1.29 is 18.3 Å². The minimum absolute atomic E-state index is 0.0908. The minimum atomic E-state index is -3.92. The Bertz CT molecular complexity index is 791. The molecule has 0 aliphatic rings. The maximum Gasteiger partial charge on any atom is 0.337 e. The number of pyridine rings is 2. The fourth-order valence-electron chi connectivity index (χ4n) is 1.49. The number of rotatable bonds is 4. The molecule has 0 saturated heterocycles. The molecule has 0 aliphatic carbocycles. The number of anilines is 1. The van der Waals surface area contributed by atoms with Crippen LogP contribution in [-0.2, 0) is 10.0 Å². The Balaban J connectivity index is 2.31. The molecule has 2 heterocycles. The van der Waals surface area contributed by atoms with Gasteiger partial charge in [0.25, 0.3) is 10.0 Å². The van der Waals surface area contributed by atoms with Crippen molar-refractivity contribution in [1.82, 2.24) is 9.97 Å². The Morgan fingerprint density at radius 2 is 2.00 bits per heavy atom. The van der Waals surface area contributed by atoms with Gasteiger partial charge in [-0.25, -0.2) is 14.8 Å². The predicted octanol–water partition coefficient (Wildman–Crippen LogP) is 2.05. The summed E-state index contributed by atoms with van der Waals surface area (Å²) in [6.07, 6.45) is 2.45. The summed E-state index contributed by atoms with van der Waals surface area (Å²) in [6, 6.07) is 4.01. The first-order valence-electron chi connectivity index (χ1n) is 5.64. The van der Waals surface area contributed by atoms with Gasteiger partial charge in [0.15, 0.2) is 5.03 Å². The molecule has 0 aromatic carbocycles. The molecule has 0 aliphatic heterocycles. The fraction of sp³-hybridized carbons (Fsp3) is 0.0833. The van der Waals surface area contributed by atoms with Crippen molar-refractivity contribution >= 4 is 37.7 Å². The van der Waals surface area contributed by atoms with E-state index in [1.165, 1.54) is 12.3 Å². The van der Waals surface area contributed by atoms with Gasteiger partial charge < -0.3 is 5.11 Å². The van der Waals surface area contributed by atoms with E-state index in [9.17, 15) is 13.2 Å². The number of hydrogen-bond acceptors (Lipinski definition) is 5. The Morgan fingerprint density at radius 1 is 1.29 bits per heavy atom. The van der Waals surface area contributed by atoms with E-state index in [0.717, 1.165) is 16.7 Å². The normalized spacial score (nSPS) is 11.1. The topological polar surface area (TPSA) is 109 Å². The lowest BCUT2D eigenvalue weighted by Gasteiger charge is -2.09. The van der Waals surface area contributed by atoms with E-state index >= 15 is 0 Å². The van der Waals surface area contributed by atoms with E-state index in [2.05, 4.69) is 30.6 Å². The van der Waals surface area contributed by atoms with Gasteiger partial charge in [-0.05, 0) is 46.6 Å². The summed E-state index contributed by atoms with van der Waals surface area (Å²) in [4.78, 5) is 18.3. The second kappa shape index (κ2) is 5.78. The van der Waals surface area contributed by atoms with E-state index in [1.807, 2.05) is 0 Å². The van der Waals surface area contributed by atoms with Crippen molar-refractivity contribution in [2.75, 3.05) is 4.72 Å². The van der Waals surface area contributed by atoms with Crippen LogP contribution in [0.25, 0.3) is 0 Å². The SMILES string of the molecule is Cc1cc(Br)cnc1NS(=O)(=O)c1ccc(C(=O)O)cn1. The smallest absolute Gasteiger partial charge is 0.337 e. The summed E-state index contributed by atoms with van der Waals surface area (Å²) >= 11 is 3.23. The highest BCUT2D eigenvalue weighted by Crippen LogP contribution is 2.19. The van der Waals surface area contributed by atoms with Gasteiger partial charge in [0.2, 0.25) is 0 Å². The number of halogens is 1. The van der Waals surface area contributed by atoms with Gasteiger partial charge in [-0.1, -0.05) is 0 Å². The maximum absolute atomic E-state index is 12.1. The van der Waals surface area contributed by atoms with Crippen LogP contribution in [-0.4, -0.2) is 29.5 Å². The number of hydrogen-bond donors (Lipinski definition) is 2. The molecule has 9 heteroatoms. The lowest BCUT2D eigenvalue weighted by Crippen LogP contribution is -2.16. The van der Waals surface area contributed by atoms with E-state index < -0.39 is 16.0 Å². The number of sulfonamides is 1. The van der Waals surface area contributed by atoms with E-state index in [-0.39, 0.29) is 16.4 Å². The van der Waals surface area contributed by atoms with Crippen molar-refractivity contribution in [3.8, 4) is 0 Å². The van der Waals surface area contributed by atoms with Crippen molar-refractivity contribution in [3.63, 3.8) is 0 Å². The standard InChI is InChI=1S/C12H10BrN3O4S/c1-7-4-9(13)6-15-11(7)16-21(19,20)10-3-2-8(5-14-10)12(17)18/h2-6H,1H3,(H,15,16)(H,17,18). The first-order valence-corrected chi connectivity index (χ1v) is 7.91. The summed E-state index contributed by atoms with van der Waals surface area (Å²) in [6.45, 7) is 1.70. The first kappa shape index (κ1) is 15.4. The van der Waals surface area contributed by atoms with Gasteiger partial charge in [-0.2, -0.15) is 8.42 Å². The highest BCUT2D eigenvalue weighted by atomic mass is 79.9. The number of aromatic carboxylic acids is 1. The van der Waals surface area contributed by atoms with Gasteiger partial charge in [0.05, 0.1) is 5.56 Å². The van der Waals surface area contributed by atoms with Gasteiger partial charge in [0, 0.05) is 16.9 Å². The van der Waals surface area contributed by atoms with Crippen LogP contribution in [0.3, 0.4) is 0 Å². The van der Waals surface area contributed by atoms with Gasteiger partial charge in [-0.15, -0.1) is 0 Å². The predicted molar refractivity (Wildman–Crippen MR) is 78.7 cm³/mol. The molecule has 2 N–H and O–H groups in total. The van der Waals surface area contributed by atoms with Gasteiger partial charge >= 0.3 is 5.97 Å². The van der Waals surface area contributed by atoms with Crippen molar-refractivity contribution in [3.05, 3.63) is 46.2 Å². The third-order valence-corrected chi connectivity index (χ3v) is 4.22. The Morgan fingerprint density at radius 3 is 2.52 bits per heavy atom. The monoisotopic (exact) mass is 371 g/mol. The summed E-state index contributed by atoms with van der Waals surface area (Å²) < 4.78 is 27.3. The second-order valence-corrected chi connectivity index (χ2v) is 6.66. The second-order valence-electron chi connectivity index (χ2n) is 4.11. The van der Waals surface area contributed by atoms with E-state index in [1.54, 1.807) is 13.0 Å². The number of aryl methyl sites for hydroxylation is 1. The number of nitrogens with zero attached hydrogens (tertiary/aromatic N) is 2. The molecule has 110 valence electrons. The zero-order valence-electron chi connectivity index (χ0n) is 10.7. The number of carboxylic acids is 1. The highest BCUT2D eigenvalue weighted by molar-refractivity contribution is 9.10. The average Bonchev–Trinajstić information content (AvgIpc) is 2.42. The minimum Gasteiger partial charge on any atom is -0.478 e. The molecule has 2 rings (SSSR count). The third kappa shape index (κ3) is 3.56. The molecule has 0 unspecified atom stereocenters. The van der Waals surface area contributed by atoms with Crippen LogP contribution in [0.5, 0.6) is 0 Å². The molecule has 0 saturated carbocycles. The average molecular weight is 372 g/mol. The molecule has 0 fully saturated rings. The Labute approximate surface area is 129 Å². The van der Waals surface area contributed by atoms with Gasteiger partial charge in [-0.3, -0.25) is 4.72 Å². The number of carboxylic acid groups (broad SMARTS) is 1. The number of nitrogens with one attached hydrogen (secondary N) is 1. The van der Waals surface area contributed by atoms with Crippen LogP contribution in [0.2, 0.25) is 0 Å². The molecule has 21 heavy (non-hydrogen) atoms. The highest BCUT2D eigenvalue weighted by Gasteiger charge is 2.18. The summed E-state index contributed by atoms with van der Waals surface area (Å²) in [5.41, 5.74) is 0.544. The molecular weight excluding hydrogens is 362 g/mol. The van der Waals surface area contributed by atoms with E-state index in [4.69, 9.17) is 5.11 Å². The molecule has 0 amide bonds. The Hall–Kier alpha value is -2.00. The van der Waals surface area contributed by atoms with Crippen LogP contribution >= 0.6 is 15.9 Å².